The van der Waals surface area contributed by atoms with Crippen LogP contribution in [-0.4, -0.2) is 32.6 Å². The molecule has 0 aliphatic heterocycles. The number of rotatable bonds is 7. The number of methoxy groups -OCH3 is 1. The molecule has 0 atom stereocenters. The van der Waals surface area contributed by atoms with Crippen molar-refractivity contribution in [3.63, 3.8) is 0 Å². The number of halogens is 1. The molecular weight excluding hydrogens is 364 g/mol. The number of nitrogens with one attached hydrogen (secondary N) is 3. The molecule has 0 radical (unpaired) electrons. The summed E-state index contributed by atoms with van der Waals surface area (Å²) in [5, 5.41) is 9.85. The average Bonchev–Trinajstić information content (AvgIpc) is 2.68. The number of hydrogen-bond donors (Lipinski definition) is 3. The van der Waals surface area contributed by atoms with Crippen LogP contribution in [-0.2, 0) is 11.3 Å². The summed E-state index contributed by atoms with van der Waals surface area (Å²) < 4.78 is 5.22. The van der Waals surface area contributed by atoms with Crippen LogP contribution in [0.25, 0.3) is 0 Å². The van der Waals surface area contributed by atoms with Crippen molar-refractivity contribution >= 4 is 29.2 Å². The minimum atomic E-state index is -0.0869. The predicted octanol–water partition coefficient (Wildman–Crippen LogP) is 3.35. The number of amides is 1. The van der Waals surface area contributed by atoms with Gasteiger partial charge in [0.15, 0.2) is 5.96 Å². The molecule has 0 saturated heterocycles. The van der Waals surface area contributed by atoms with Gasteiger partial charge in [0.25, 0.3) is 0 Å². The number of aliphatic imine (C=N–C) groups is 1. The Labute approximate surface area is 165 Å². The summed E-state index contributed by atoms with van der Waals surface area (Å²) in [6, 6.07) is 13.2. The van der Waals surface area contributed by atoms with Gasteiger partial charge >= 0.3 is 0 Å². The molecule has 0 heterocycles. The van der Waals surface area contributed by atoms with Gasteiger partial charge in [0, 0.05) is 37.3 Å². The van der Waals surface area contributed by atoms with Crippen LogP contribution in [0.5, 0.6) is 5.75 Å². The first-order valence-corrected chi connectivity index (χ1v) is 9.03. The van der Waals surface area contributed by atoms with Gasteiger partial charge in [0.1, 0.15) is 5.75 Å². The highest BCUT2D eigenvalue weighted by Gasteiger charge is 2.07. The standard InChI is InChI=1S/C20H25ClN4O2/c1-14-17(21)8-5-9-18(14)25-19(26)10-11-23-20(22-2)24-13-15-6-4-7-16(12-15)27-3/h4-9,12H,10-11,13H2,1-3H3,(H,25,26)(H2,22,23,24). The topological polar surface area (TPSA) is 74.8 Å². The van der Waals surface area contributed by atoms with Crippen LogP contribution in [0.4, 0.5) is 5.69 Å². The van der Waals surface area contributed by atoms with Gasteiger partial charge in [0.2, 0.25) is 5.91 Å². The highest BCUT2D eigenvalue weighted by molar-refractivity contribution is 6.31. The fraction of sp³-hybridized carbons (Fsp3) is 0.300. The molecule has 2 aromatic rings. The smallest absolute Gasteiger partial charge is 0.226 e. The van der Waals surface area contributed by atoms with Crippen molar-refractivity contribution in [2.75, 3.05) is 26.0 Å². The highest BCUT2D eigenvalue weighted by Crippen LogP contribution is 2.22. The molecule has 1 amide bonds. The summed E-state index contributed by atoms with van der Waals surface area (Å²) in [6.45, 7) is 2.94. The maximum absolute atomic E-state index is 12.1. The lowest BCUT2D eigenvalue weighted by atomic mass is 10.2. The number of hydrogen-bond acceptors (Lipinski definition) is 3. The van der Waals surface area contributed by atoms with Crippen LogP contribution in [0.15, 0.2) is 47.5 Å². The maximum Gasteiger partial charge on any atom is 0.226 e. The molecule has 27 heavy (non-hydrogen) atoms. The average molecular weight is 389 g/mol. The van der Waals surface area contributed by atoms with E-state index in [1.165, 1.54) is 0 Å². The van der Waals surface area contributed by atoms with Crippen LogP contribution in [0.1, 0.15) is 17.5 Å². The SMILES string of the molecule is CN=C(NCCC(=O)Nc1cccc(Cl)c1C)NCc1cccc(OC)c1. The molecule has 3 N–H and O–H groups in total. The van der Waals surface area contributed by atoms with Crippen molar-refractivity contribution in [2.24, 2.45) is 4.99 Å². The lowest BCUT2D eigenvalue weighted by Gasteiger charge is -2.13. The van der Waals surface area contributed by atoms with Crippen molar-refractivity contribution in [3.8, 4) is 5.75 Å². The summed E-state index contributed by atoms with van der Waals surface area (Å²) in [6.07, 6.45) is 0.311. The Kier molecular flexibility index (Phi) is 7.95. The third kappa shape index (κ3) is 6.49. The van der Waals surface area contributed by atoms with Gasteiger partial charge in [0.05, 0.1) is 7.11 Å². The first-order chi connectivity index (χ1) is 13.0. The first kappa shape index (κ1) is 20.6. The summed E-state index contributed by atoms with van der Waals surface area (Å²) in [7, 11) is 3.33. The van der Waals surface area contributed by atoms with E-state index in [2.05, 4.69) is 20.9 Å². The van der Waals surface area contributed by atoms with E-state index in [-0.39, 0.29) is 5.91 Å². The summed E-state index contributed by atoms with van der Waals surface area (Å²) >= 11 is 6.07. The molecular formula is C20H25ClN4O2. The molecule has 6 nitrogen and oxygen atoms in total. The summed E-state index contributed by atoms with van der Waals surface area (Å²) in [4.78, 5) is 16.3. The Hall–Kier alpha value is -2.73. The summed E-state index contributed by atoms with van der Waals surface area (Å²) in [5.41, 5.74) is 2.66. The molecule has 0 unspecified atom stereocenters. The van der Waals surface area contributed by atoms with Crippen molar-refractivity contribution in [1.82, 2.24) is 10.6 Å². The Morgan fingerprint density at radius 2 is 1.96 bits per heavy atom. The van der Waals surface area contributed by atoms with Gasteiger partial charge in [-0.2, -0.15) is 0 Å². The molecule has 7 heteroatoms. The number of nitrogens with zero attached hydrogens (tertiary/aromatic N) is 1. The maximum atomic E-state index is 12.1. The van der Waals surface area contributed by atoms with Gasteiger partial charge in [-0.1, -0.05) is 29.8 Å². The number of carbonyl (C=O) groups excluding carboxylic acids is 1. The molecule has 0 aliphatic carbocycles. The number of carbonyl (C=O) groups is 1. The molecule has 0 saturated carbocycles. The second kappa shape index (κ2) is 10.4. The molecule has 2 rings (SSSR count). The zero-order valence-corrected chi connectivity index (χ0v) is 16.6. The third-order valence-electron chi connectivity index (χ3n) is 4.00. The van der Waals surface area contributed by atoms with Crippen molar-refractivity contribution in [1.29, 1.82) is 0 Å². The molecule has 144 valence electrons. The Bertz CT molecular complexity index is 808. The van der Waals surface area contributed by atoms with E-state index in [1.807, 2.05) is 43.3 Å². The number of benzene rings is 2. The fourth-order valence-corrected chi connectivity index (χ4v) is 2.61. The number of ether oxygens (including phenoxy) is 1. The molecule has 0 aromatic heterocycles. The first-order valence-electron chi connectivity index (χ1n) is 8.66. The molecule has 0 bridgehead atoms. The zero-order chi connectivity index (χ0) is 19.6. The quantitative estimate of drug-likeness (QED) is 0.502. The number of anilines is 1. The number of guanidine groups is 1. The second-order valence-corrected chi connectivity index (χ2v) is 6.32. The zero-order valence-electron chi connectivity index (χ0n) is 15.8. The van der Waals surface area contributed by atoms with Crippen LogP contribution >= 0.6 is 11.6 Å². The van der Waals surface area contributed by atoms with Crippen LogP contribution in [0, 0.1) is 6.92 Å². The van der Waals surface area contributed by atoms with E-state index in [0.717, 1.165) is 22.6 Å². The molecule has 0 spiro atoms. The van der Waals surface area contributed by atoms with E-state index in [9.17, 15) is 4.79 Å². The van der Waals surface area contributed by atoms with Crippen molar-refractivity contribution < 1.29 is 9.53 Å². The van der Waals surface area contributed by atoms with Gasteiger partial charge in [-0.15, -0.1) is 0 Å². The van der Waals surface area contributed by atoms with Crippen LogP contribution in [0.2, 0.25) is 5.02 Å². The fourth-order valence-electron chi connectivity index (χ4n) is 2.44. The van der Waals surface area contributed by atoms with Crippen LogP contribution in [0.3, 0.4) is 0 Å². The molecule has 0 fully saturated rings. The predicted molar refractivity (Wildman–Crippen MR) is 111 cm³/mol. The Morgan fingerprint density at radius 3 is 2.70 bits per heavy atom. The van der Waals surface area contributed by atoms with Crippen molar-refractivity contribution in [2.45, 2.75) is 19.9 Å². The van der Waals surface area contributed by atoms with Crippen molar-refractivity contribution in [3.05, 3.63) is 58.6 Å². The van der Waals surface area contributed by atoms with E-state index in [0.29, 0.717) is 30.5 Å². The van der Waals surface area contributed by atoms with E-state index >= 15 is 0 Å². The Balaban J connectivity index is 1.77. The van der Waals surface area contributed by atoms with Gasteiger partial charge in [-0.25, -0.2) is 0 Å². The lowest BCUT2D eigenvalue weighted by Crippen LogP contribution is -2.38. The molecule has 2 aromatic carbocycles. The molecule has 0 aliphatic rings. The van der Waals surface area contributed by atoms with Gasteiger partial charge in [-0.05, 0) is 42.3 Å². The normalized spacial score (nSPS) is 11.0. The minimum absolute atomic E-state index is 0.0869. The third-order valence-corrected chi connectivity index (χ3v) is 4.41. The summed E-state index contributed by atoms with van der Waals surface area (Å²) in [5.74, 6) is 1.35. The lowest BCUT2D eigenvalue weighted by molar-refractivity contribution is -0.116. The second-order valence-electron chi connectivity index (χ2n) is 5.91. The highest BCUT2D eigenvalue weighted by atomic mass is 35.5. The monoisotopic (exact) mass is 388 g/mol. The largest absolute Gasteiger partial charge is 0.497 e. The Morgan fingerprint density at radius 1 is 1.19 bits per heavy atom. The van der Waals surface area contributed by atoms with Gasteiger partial charge < -0.3 is 20.7 Å². The van der Waals surface area contributed by atoms with E-state index in [1.54, 1.807) is 20.2 Å². The van der Waals surface area contributed by atoms with Gasteiger partial charge in [-0.3, -0.25) is 9.79 Å². The van der Waals surface area contributed by atoms with Crippen LogP contribution < -0.4 is 20.7 Å². The van der Waals surface area contributed by atoms with E-state index in [4.69, 9.17) is 16.3 Å². The van der Waals surface area contributed by atoms with E-state index < -0.39 is 0 Å². The minimum Gasteiger partial charge on any atom is -0.497 e.